The van der Waals surface area contributed by atoms with Crippen molar-refractivity contribution in [1.29, 1.82) is 0 Å². The van der Waals surface area contributed by atoms with Crippen molar-refractivity contribution in [1.82, 2.24) is 15.3 Å². The second-order valence-electron chi connectivity index (χ2n) is 7.22. The van der Waals surface area contributed by atoms with Crippen LogP contribution in [0.5, 0.6) is 0 Å². The van der Waals surface area contributed by atoms with Crippen LogP contribution in [0, 0.1) is 6.92 Å². The number of carbonyl (C=O) groups excluding carboxylic acids is 1. The summed E-state index contributed by atoms with van der Waals surface area (Å²) in [4.78, 5) is 23.9. The summed E-state index contributed by atoms with van der Waals surface area (Å²) in [5.41, 5.74) is 3.76. The van der Waals surface area contributed by atoms with Gasteiger partial charge in [-0.2, -0.15) is 0 Å². The highest BCUT2D eigenvalue weighted by Crippen LogP contribution is 2.18. The van der Waals surface area contributed by atoms with Crippen LogP contribution in [0.1, 0.15) is 47.1 Å². The van der Waals surface area contributed by atoms with E-state index in [1.165, 1.54) is 11.1 Å². The molecule has 144 valence electrons. The van der Waals surface area contributed by atoms with Crippen LogP contribution < -0.4 is 10.2 Å². The quantitative estimate of drug-likeness (QED) is 0.849. The Kier molecular flexibility index (Phi) is 6.40. The fourth-order valence-electron chi connectivity index (χ4n) is 2.94. The van der Waals surface area contributed by atoms with Crippen LogP contribution in [0.3, 0.4) is 0 Å². The molecular formula is C21H28N4O2. The molecule has 0 unspecified atom stereocenters. The maximum absolute atomic E-state index is 12.7. The number of benzene rings is 1. The summed E-state index contributed by atoms with van der Waals surface area (Å²) in [6.45, 7) is 9.61. The van der Waals surface area contributed by atoms with Gasteiger partial charge in [-0.25, -0.2) is 9.97 Å². The Morgan fingerprint density at radius 3 is 2.56 bits per heavy atom. The van der Waals surface area contributed by atoms with Crippen LogP contribution in [0.15, 0.2) is 30.3 Å². The number of amides is 1. The van der Waals surface area contributed by atoms with Crippen molar-refractivity contribution in [3.63, 3.8) is 0 Å². The second-order valence-corrected chi connectivity index (χ2v) is 7.22. The average molecular weight is 368 g/mol. The van der Waals surface area contributed by atoms with Gasteiger partial charge in [0.25, 0.3) is 5.91 Å². The predicted octanol–water partition coefficient (Wildman–Crippen LogP) is 2.72. The first-order valence-corrected chi connectivity index (χ1v) is 9.58. The first-order valence-electron chi connectivity index (χ1n) is 9.58. The number of hydrogen-bond acceptors (Lipinski definition) is 5. The highest BCUT2D eigenvalue weighted by molar-refractivity contribution is 5.92. The number of ether oxygens (including phenoxy) is 1. The molecule has 1 aliphatic heterocycles. The molecule has 2 aromatic rings. The number of aromatic nitrogens is 2. The third kappa shape index (κ3) is 5.26. The molecule has 0 aliphatic carbocycles. The fourth-order valence-corrected chi connectivity index (χ4v) is 2.94. The third-order valence-electron chi connectivity index (χ3n) is 4.67. The summed E-state index contributed by atoms with van der Waals surface area (Å²) in [5.74, 6) is 0.695. The minimum absolute atomic E-state index is 0.152. The predicted molar refractivity (Wildman–Crippen MR) is 106 cm³/mol. The van der Waals surface area contributed by atoms with Crippen molar-refractivity contribution in [2.75, 3.05) is 37.7 Å². The molecule has 6 nitrogen and oxygen atoms in total. The fraction of sp³-hybridized carbons (Fsp3) is 0.476. The smallest absolute Gasteiger partial charge is 0.270 e. The van der Waals surface area contributed by atoms with E-state index in [1.54, 1.807) is 6.07 Å². The Balaban J connectivity index is 1.68. The number of nitrogens with zero attached hydrogens (tertiary/aromatic N) is 3. The summed E-state index contributed by atoms with van der Waals surface area (Å²) in [7, 11) is 0. The van der Waals surface area contributed by atoms with Crippen LogP contribution in [-0.2, 0) is 11.2 Å². The molecule has 0 bridgehead atoms. The zero-order chi connectivity index (χ0) is 19.2. The van der Waals surface area contributed by atoms with Gasteiger partial charge >= 0.3 is 0 Å². The third-order valence-corrected chi connectivity index (χ3v) is 4.67. The van der Waals surface area contributed by atoms with Crippen LogP contribution in [-0.4, -0.2) is 48.7 Å². The number of rotatable bonds is 6. The molecule has 1 saturated heterocycles. The van der Waals surface area contributed by atoms with E-state index in [2.05, 4.69) is 65.2 Å². The standard InChI is InChI=1S/C21H28N4O2/c1-15(2)18-14-19(24-21(23-18)25-10-12-27-13-11-25)20(26)22-9-8-17-6-4-16(3)5-7-17/h4-7,14-15H,8-13H2,1-3H3,(H,22,26). The molecular weight excluding hydrogens is 340 g/mol. The summed E-state index contributed by atoms with van der Waals surface area (Å²) < 4.78 is 5.40. The highest BCUT2D eigenvalue weighted by atomic mass is 16.5. The van der Waals surface area contributed by atoms with Gasteiger partial charge in [-0.15, -0.1) is 0 Å². The van der Waals surface area contributed by atoms with Crippen LogP contribution >= 0.6 is 0 Å². The molecule has 1 amide bonds. The Hall–Kier alpha value is -2.47. The normalized spacial score (nSPS) is 14.4. The van der Waals surface area contributed by atoms with E-state index in [-0.39, 0.29) is 11.8 Å². The van der Waals surface area contributed by atoms with E-state index in [0.717, 1.165) is 25.2 Å². The van der Waals surface area contributed by atoms with E-state index in [4.69, 9.17) is 4.74 Å². The van der Waals surface area contributed by atoms with Crippen LogP contribution in [0.4, 0.5) is 5.95 Å². The van der Waals surface area contributed by atoms with Crippen molar-refractivity contribution >= 4 is 11.9 Å². The lowest BCUT2D eigenvalue weighted by atomic mass is 10.1. The van der Waals surface area contributed by atoms with Gasteiger partial charge in [0.2, 0.25) is 5.95 Å². The van der Waals surface area contributed by atoms with Gasteiger partial charge in [0.15, 0.2) is 0 Å². The number of morpholine rings is 1. The van der Waals surface area contributed by atoms with E-state index in [1.807, 2.05) is 0 Å². The van der Waals surface area contributed by atoms with Gasteiger partial charge in [0.1, 0.15) is 5.69 Å². The SMILES string of the molecule is Cc1ccc(CCNC(=O)c2cc(C(C)C)nc(N3CCOCC3)n2)cc1. The minimum Gasteiger partial charge on any atom is -0.378 e. The molecule has 6 heteroatoms. The monoisotopic (exact) mass is 368 g/mol. The van der Waals surface area contributed by atoms with Crippen LogP contribution in [0.25, 0.3) is 0 Å². The molecule has 1 fully saturated rings. The maximum atomic E-state index is 12.7. The number of carbonyl (C=O) groups is 1. The maximum Gasteiger partial charge on any atom is 0.270 e. The lowest BCUT2D eigenvalue weighted by Crippen LogP contribution is -2.38. The van der Waals surface area contributed by atoms with Gasteiger partial charge in [-0.05, 0) is 30.9 Å². The molecule has 0 spiro atoms. The summed E-state index contributed by atoms with van der Waals surface area (Å²) in [6, 6.07) is 10.2. The van der Waals surface area contributed by atoms with Crippen molar-refractivity contribution in [2.24, 2.45) is 0 Å². The summed E-state index contributed by atoms with van der Waals surface area (Å²) >= 11 is 0. The largest absolute Gasteiger partial charge is 0.378 e. The van der Waals surface area contributed by atoms with Gasteiger partial charge in [0.05, 0.1) is 13.2 Å². The lowest BCUT2D eigenvalue weighted by molar-refractivity contribution is 0.0948. The number of aryl methyl sites for hydroxylation is 1. The topological polar surface area (TPSA) is 67.4 Å². The number of hydrogen-bond donors (Lipinski definition) is 1. The molecule has 0 radical (unpaired) electrons. The molecule has 1 aliphatic rings. The van der Waals surface area contributed by atoms with Crippen molar-refractivity contribution in [3.8, 4) is 0 Å². The van der Waals surface area contributed by atoms with Crippen LogP contribution in [0.2, 0.25) is 0 Å². The number of nitrogens with one attached hydrogen (secondary N) is 1. The first-order chi connectivity index (χ1) is 13.0. The molecule has 1 aromatic heterocycles. The summed E-state index contributed by atoms with van der Waals surface area (Å²) in [5, 5.41) is 2.99. The Morgan fingerprint density at radius 2 is 1.89 bits per heavy atom. The molecule has 2 heterocycles. The molecule has 0 saturated carbocycles. The zero-order valence-electron chi connectivity index (χ0n) is 16.4. The van der Waals surface area contributed by atoms with Crippen molar-refractivity contribution in [2.45, 2.75) is 33.1 Å². The molecule has 0 atom stereocenters. The van der Waals surface area contributed by atoms with E-state index in [9.17, 15) is 4.79 Å². The van der Waals surface area contributed by atoms with Crippen molar-refractivity contribution in [3.05, 3.63) is 52.8 Å². The van der Waals surface area contributed by atoms with Gasteiger partial charge in [0, 0.05) is 25.3 Å². The Labute approximate surface area is 161 Å². The average Bonchev–Trinajstić information content (AvgIpc) is 2.69. The Morgan fingerprint density at radius 1 is 1.19 bits per heavy atom. The van der Waals surface area contributed by atoms with Crippen molar-refractivity contribution < 1.29 is 9.53 Å². The van der Waals surface area contributed by atoms with Gasteiger partial charge < -0.3 is 15.0 Å². The molecule has 1 N–H and O–H groups in total. The molecule has 1 aromatic carbocycles. The van der Waals surface area contributed by atoms with Gasteiger partial charge in [-0.3, -0.25) is 4.79 Å². The van der Waals surface area contributed by atoms with Gasteiger partial charge in [-0.1, -0.05) is 43.7 Å². The zero-order valence-corrected chi connectivity index (χ0v) is 16.4. The van der Waals surface area contributed by atoms with E-state index in [0.29, 0.717) is 31.4 Å². The minimum atomic E-state index is -0.152. The summed E-state index contributed by atoms with van der Waals surface area (Å²) in [6.07, 6.45) is 0.796. The first kappa shape index (κ1) is 19.3. The molecule has 3 rings (SSSR count). The highest BCUT2D eigenvalue weighted by Gasteiger charge is 2.19. The van der Waals surface area contributed by atoms with E-state index >= 15 is 0 Å². The lowest BCUT2D eigenvalue weighted by Gasteiger charge is -2.27. The Bertz CT molecular complexity index is 768. The second kappa shape index (κ2) is 8.95. The van der Waals surface area contributed by atoms with E-state index < -0.39 is 0 Å². The number of anilines is 1. The molecule has 27 heavy (non-hydrogen) atoms.